The fourth-order valence-corrected chi connectivity index (χ4v) is 1.35. The van der Waals surface area contributed by atoms with E-state index in [-0.39, 0.29) is 17.0 Å². The summed E-state index contributed by atoms with van der Waals surface area (Å²) in [6.07, 6.45) is 5.27. The Morgan fingerprint density at radius 3 is 2.08 bits per heavy atom. The summed E-state index contributed by atoms with van der Waals surface area (Å²) < 4.78 is 0.959. The first-order valence-corrected chi connectivity index (χ1v) is 5.05. The molecule has 0 atom stereocenters. The molecule has 0 rings (SSSR count). The number of likely N-dealkylation sites (N-methyl/N-ethyl adjacent to an activating group) is 1. The first-order valence-electron chi connectivity index (χ1n) is 5.05. The molecule has 0 aromatic carbocycles. The summed E-state index contributed by atoms with van der Waals surface area (Å²) in [7, 11) is 4.37. The van der Waals surface area contributed by atoms with Crippen LogP contribution in [0.4, 0.5) is 0 Å². The topological polar surface area (TPSA) is 20.2 Å². The van der Waals surface area contributed by atoms with Crippen LogP contribution in [0.3, 0.4) is 0 Å². The maximum absolute atomic E-state index is 8.79. The maximum atomic E-state index is 8.79. The fraction of sp³-hybridized carbons (Fsp3) is 1.00. The third-order valence-electron chi connectivity index (χ3n) is 2.32. The molecule has 0 unspecified atom stereocenters. The number of nitrogens with zero attached hydrogens (tertiary/aromatic N) is 1. The van der Waals surface area contributed by atoms with Gasteiger partial charge in [0.2, 0.25) is 0 Å². The van der Waals surface area contributed by atoms with Crippen LogP contribution < -0.4 is 17.0 Å². The molecule has 0 saturated carbocycles. The third kappa shape index (κ3) is 10.3. The molecular formula is C10H24BrNO. The third-order valence-corrected chi connectivity index (χ3v) is 2.32. The molecule has 1 N–H and O–H groups in total. The molecule has 13 heavy (non-hydrogen) atoms. The van der Waals surface area contributed by atoms with Gasteiger partial charge < -0.3 is 26.6 Å². The smallest absolute Gasteiger partial charge is 0.102 e. The van der Waals surface area contributed by atoms with Crippen molar-refractivity contribution >= 4 is 0 Å². The zero-order valence-electron chi connectivity index (χ0n) is 9.22. The van der Waals surface area contributed by atoms with Crippen molar-refractivity contribution in [3.05, 3.63) is 0 Å². The summed E-state index contributed by atoms with van der Waals surface area (Å²) in [6.45, 7) is 4.61. The Labute approximate surface area is 93.3 Å². The number of aliphatic hydroxyl groups is 1. The monoisotopic (exact) mass is 253 g/mol. The Morgan fingerprint density at radius 2 is 1.62 bits per heavy atom. The van der Waals surface area contributed by atoms with Gasteiger partial charge in [0.15, 0.2) is 0 Å². The standard InChI is InChI=1S/C10H24NO.BrH/c1-4-5-6-7-8-11(2,3)9-10-12;/h12H,4-10H2,1-3H3;1H/q+1;/p-1. The Hall–Kier alpha value is 0.400. The zero-order chi connectivity index (χ0) is 9.45. The van der Waals surface area contributed by atoms with Gasteiger partial charge in [0.1, 0.15) is 6.54 Å². The molecule has 3 heteroatoms. The van der Waals surface area contributed by atoms with Crippen LogP contribution in [0, 0.1) is 0 Å². The lowest BCUT2D eigenvalue weighted by Gasteiger charge is -2.28. The van der Waals surface area contributed by atoms with Crippen molar-refractivity contribution in [3.8, 4) is 0 Å². The van der Waals surface area contributed by atoms with E-state index in [1.165, 1.54) is 32.2 Å². The number of hydrogen-bond donors (Lipinski definition) is 1. The van der Waals surface area contributed by atoms with E-state index in [2.05, 4.69) is 21.0 Å². The SMILES string of the molecule is CCCCCC[N+](C)(C)CCO.[Br-]. The lowest BCUT2D eigenvalue weighted by Crippen LogP contribution is -3.00. The van der Waals surface area contributed by atoms with E-state index in [0.29, 0.717) is 6.61 Å². The molecule has 0 aliphatic carbocycles. The second-order valence-corrected chi connectivity index (χ2v) is 4.17. The average molecular weight is 254 g/mol. The largest absolute Gasteiger partial charge is 1.00 e. The molecule has 0 bridgehead atoms. The molecule has 0 spiro atoms. The molecule has 0 aromatic rings. The number of aliphatic hydroxyl groups excluding tert-OH is 1. The molecule has 82 valence electrons. The van der Waals surface area contributed by atoms with Gasteiger partial charge in [-0.3, -0.25) is 0 Å². The van der Waals surface area contributed by atoms with Crippen LogP contribution in [0.1, 0.15) is 32.6 Å². The van der Waals surface area contributed by atoms with Gasteiger partial charge in [0, 0.05) is 0 Å². The van der Waals surface area contributed by atoms with Crippen LogP contribution in [0.15, 0.2) is 0 Å². The van der Waals surface area contributed by atoms with E-state index in [1.807, 2.05) is 0 Å². The van der Waals surface area contributed by atoms with E-state index in [1.54, 1.807) is 0 Å². The molecule has 0 saturated heterocycles. The molecule has 2 nitrogen and oxygen atoms in total. The van der Waals surface area contributed by atoms with E-state index in [9.17, 15) is 0 Å². The van der Waals surface area contributed by atoms with Crippen LogP contribution in [0.25, 0.3) is 0 Å². The summed E-state index contributed by atoms with van der Waals surface area (Å²) in [6, 6.07) is 0. The van der Waals surface area contributed by atoms with Crippen molar-refractivity contribution in [3.63, 3.8) is 0 Å². The highest BCUT2D eigenvalue weighted by atomic mass is 79.9. The highest BCUT2D eigenvalue weighted by Crippen LogP contribution is 2.04. The molecule has 0 aliphatic heterocycles. The second-order valence-electron chi connectivity index (χ2n) is 4.17. The van der Waals surface area contributed by atoms with Crippen molar-refractivity contribution in [2.45, 2.75) is 32.6 Å². The van der Waals surface area contributed by atoms with Crippen LogP contribution in [0.2, 0.25) is 0 Å². The summed E-state index contributed by atoms with van der Waals surface area (Å²) >= 11 is 0. The minimum absolute atomic E-state index is 0. The molecule has 0 aliphatic rings. The van der Waals surface area contributed by atoms with Gasteiger partial charge in [-0.15, -0.1) is 0 Å². The Kier molecular flexibility index (Phi) is 10.9. The fourth-order valence-electron chi connectivity index (χ4n) is 1.35. The highest BCUT2D eigenvalue weighted by Gasteiger charge is 2.12. The van der Waals surface area contributed by atoms with E-state index < -0.39 is 0 Å². The summed E-state index contributed by atoms with van der Waals surface area (Å²) in [5.41, 5.74) is 0. The number of hydrogen-bond acceptors (Lipinski definition) is 1. The minimum Gasteiger partial charge on any atom is -1.00 e. The lowest BCUT2D eigenvalue weighted by molar-refractivity contribution is -0.890. The van der Waals surface area contributed by atoms with Crippen LogP contribution >= 0.6 is 0 Å². The average Bonchev–Trinajstić information content (AvgIpc) is 1.98. The number of quaternary nitrogens is 1. The van der Waals surface area contributed by atoms with Crippen molar-refractivity contribution in [2.75, 3.05) is 33.8 Å². The number of halogens is 1. The second kappa shape index (κ2) is 8.97. The number of unbranched alkanes of at least 4 members (excludes halogenated alkanes) is 3. The van der Waals surface area contributed by atoms with Gasteiger partial charge in [-0.25, -0.2) is 0 Å². The van der Waals surface area contributed by atoms with E-state index in [4.69, 9.17) is 5.11 Å². The normalized spacial score (nSPS) is 11.1. The van der Waals surface area contributed by atoms with Crippen molar-refractivity contribution in [2.24, 2.45) is 0 Å². The van der Waals surface area contributed by atoms with Gasteiger partial charge in [0.25, 0.3) is 0 Å². The Bertz CT molecular complexity index is 107. The van der Waals surface area contributed by atoms with E-state index >= 15 is 0 Å². The quantitative estimate of drug-likeness (QED) is 0.439. The van der Waals surface area contributed by atoms with Crippen LogP contribution in [0.5, 0.6) is 0 Å². The predicted octanol–water partition coefficient (Wildman–Crippen LogP) is -1.36. The first kappa shape index (κ1) is 15.9. The Balaban J connectivity index is 0. The molecular weight excluding hydrogens is 230 g/mol. The number of rotatable bonds is 7. The maximum Gasteiger partial charge on any atom is 0.102 e. The molecule has 0 radical (unpaired) electrons. The highest BCUT2D eigenvalue weighted by molar-refractivity contribution is 4.40. The first-order chi connectivity index (χ1) is 5.62. The van der Waals surface area contributed by atoms with Gasteiger partial charge in [-0.2, -0.15) is 0 Å². The zero-order valence-corrected chi connectivity index (χ0v) is 10.8. The van der Waals surface area contributed by atoms with Crippen molar-refractivity contribution < 1.29 is 26.6 Å². The van der Waals surface area contributed by atoms with Crippen LogP contribution in [-0.4, -0.2) is 43.4 Å². The Morgan fingerprint density at radius 1 is 1.00 bits per heavy atom. The minimum atomic E-state index is 0. The molecule has 0 fully saturated rings. The van der Waals surface area contributed by atoms with Gasteiger partial charge >= 0.3 is 0 Å². The lowest BCUT2D eigenvalue weighted by atomic mass is 10.2. The van der Waals surface area contributed by atoms with Gasteiger partial charge in [0.05, 0.1) is 27.2 Å². The van der Waals surface area contributed by atoms with Crippen molar-refractivity contribution in [1.82, 2.24) is 0 Å². The summed E-state index contributed by atoms with van der Waals surface area (Å²) in [5, 5.41) is 8.79. The molecule has 0 amide bonds. The van der Waals surface area contributed by atoms with E-state index in [0.717, 1.165) is 11.0 Å². The predicted molar refractivity (Wildman–Crippen MR) is 53.1 cm³/mol. The van der Waals surface area contributed by atoms with Gasteiger partial charge in [-0.1, -0.05) is 19.8 Å². The molecule has 0 heterocycles. The molecule has 0 aromatic heterocycles. The van der Waals surface area contributed by atoms with Gasteiger partial charge in [-0.05, 0) is 12.8 Å². The van der Waals surface area contributed by atoms with Crippen LogP contribution in [-0.2, 0) is 0 Å². The summed E-state index contributed by atoms with van der Waals surface area (Å²) in [5.74, 6) is 0. The van der Waals surface area contributed by atoms with Crippen molar-refractivity contribution in [1.29, 1.82) is 0 Å². The summed E-state index contributed by atoms with van der Waals surface area (Å²) in [4.78, 5) is 0.